The number of Topliss-reactive ketones (excluding diaryl/α,β-unsaturated/α-hetero) is 2. The monoisotopic (exact) mass is 373 g/mol. The van der Waals surface area contributed by atoms with Gasteiger partial charge in [0.25, 0.3) is 0 Å². The molecule has 1 fully saturated rings. The third-order valence-electron chi connectivity index (χ3n) is 5.82. The molecule has 8 nitrogen and oxygen atoms in total. The van der Waals surface area contributed by atoms with Crippen LogP contribution in [0.1, 0.15) is 64.3 Å². The summed E-state index contributed by atoms with van der Waals surface area (Å²) in [6.45, 7) is 4.11. The number of allylic oxidation sites excluding steroid dienone is 2. The number of hydrogen-bond acceptors (Lipinski definition) is 6. The summed E-state index contributed by atoms with van der Waals surface area (Å²) >= 11 is 0. The molecule has 3 aliphatic rings. The fraction of sp³-hybridized carbons (Fsp3) is 0.526. The fourth-order valence-corrected chi connectivity index (χ4v) is 4.68. The number of fused-ring (bicyclic) bond motifs is 3. The molecule has 3 heterocycles. The zero-order valence-corrected chi connectivity index (χ0v) is 15.5. The molecule has 1 saturated heterocycles. The van der Waals surface area contributed by atoms with Crippen molar-refractivity contribution in [2.24, 2.45) is 5.73 Å². The van der Waals surface area contributed by atoms with Crippen molar-refractivity contribution >= 4 is 17.7 Å². The number of ketones is 2. The van der Waals surface area contributed by atoms with Crippen molar-refractivity contribution in [1.29, 1.82) is 0 Å². The quantitative estimate of drug-likeness (QED) is 0.865. The number of likely N-dealkylation sites (tertiary alicyclic amines) is 1. The minimum absolute atomic E-state index is 0.0508. The first-order valence-electron chi connectivity index (χ1n) is 9.21. The SMILES string of the molecule is COC1=C(C)C(=O)c2c(c(COC(N)=O)c3n2CCC3N2CCCC2)C1=O. The van der Waals surface area contributed by atoms with Crippen LogP contribution in [0.15, 0.2) is 11.3 Å². The number of primary amides is 1. The number of hydrogen-bond donors (Lipinski definition) is 1. The van der Waals surface area contributed by atoms with E-state index in [-0.39, 0.29) is 30.0 Å². The summed E-state index contributed by atoms with van der Waals surface area (Å²) in [7, 11) is 1.38. The highest BCUT2D eigenvalue weighted by Gasteiger charge is 2.43. The number of aromatic nitrogens is 1. The van der Waals surface area contributed by atoms with Crippen LogP contribution in [-0.4, -0.2) is 47.3 Å². The highest BCUT2D eigenvalue weighted by molar-refractivity contribution is 6.26. The molecule has 1 atom stereocenters. The van der Waals surface area contributed by atoms with Gasteiger partial charge >= 0.3 is 6.09 Å². The maximum Gasteiger partial charge on any atom is 0.404 e. The number of rotatable bonds is 4. The summed E-state index contributed by atoms with van der Waals surface area (Å²) in [6, 6.07) is 0.108. The minimum atomic E-state index is -0.910. The molecule has 4 rings (SSSR count). The van der Waals surface area contributed by atoms with E-state index in [1.54, 1.807) is 6.92 Å². The standard InChI is InChI=1S/C19H23N3O5/c1-10-16(23)15-13(17(24)18(10)26-2)11(9-27-19(20)25)14-12(5-8-22(14)15)21-6-3-4-7-21/h12H,3-9H2,1-2H3,(H2,20,25). The lowest BCUT2D eigenvalue weighted by Crippen LogP contribution is -2.26. The number of ether oxygens (including phenoxy) is 2. The van der Waals surface area contributed by atoms with Crippen LogP contribution < -0.4 is 5.73 Å². The van der Waals surface area contributed by atoms with Gasteiger partial charge in [-0.25, -0.2) is 4.79 Å². The number of nitrogens with zero attached hydrogens (tertiary/aromatic N) is 2. The van der Waals surface area contributed by atoms with E-state index in [1.807, 2.05) is 4.57 Å². The van der Waals surface area contributed by atoms with Gasteiger partial charge in [-0.1, -0.05) is 0 Å². The van der Waals surface area contributed by atoms with Crippen molar-refractivity contribution in [3.63, 3.8) is 0 Å². The van der Waals surface area contributed by atoms with Crippen LogP contribution >= 0.6 is 0 Å². The van der Waals surface area contributed by atoms with Crippen LogP contribution in [0, 0.1) is 0 Å². The van der Waals surface area contributed by atoms with E-state index in [9.17, 15) is 14.4 Å². The van der Waals surface area contributed by atoms with E-state index in [0.717, 1.165) is 38.0 Å². The lowest BCUT2D eigenvalue weighted by atomic mass is 9.90. The molecule has 144 valence electrons. The van der Waals surface area contributed by atoms with Crippen molar-refractivity contribution in [3.05, 3.63) is 33.8 Å². The number of methoxy groups -OCH3 is 1. The Labute approximate surface area is 156 Å². The summed E-state index contributed by atoms with van der Waals surface area (Å²) in [5.74, 6) is -0.500. The average Bonchev–Trinajstić information content (AvgIpc) is 3.34. The number of amides is 1. The molecule has 1 aromatic heterocycles. The maximum atomic E-state index is 13.1. The highest BCUT2D eigenvalue weighted by atomic mass is 16.5. The molecule has 0 bridgehead atoms. The smallest absolute Gasteiger partial charge is 0.404 e. The van der Waals surface area contributed by atoms with Gasteiger partial charge in [0, 0.05) is 23.4 Å². The number of nitrogens with two attached hydrogens (primary N) is 1. The molecule has 27 heavy (non-hydrogen) atoms. The molecule has 0 spiro atoms. The maximum absolute atomic E-state index is 13.1. The van der Waals surface area contributed by atoms with E-state index >= 15 is 0 Å². The first-order chi connectivity index (χ1) is 13.0. The third kappa shape index (κ3) is 2.58. The zero-order valence-electron chi connectivity index (χ0n) is 15.5. The molecule has 1 unspecified atom stereocenters. The van der Waals surface area contributed by atoms with Gasteiger partial charge in [-0.15, -0.1) is 0 Å². The second-order valence-electron chi connectivity index (χ2n) is 7.21. The van der Waals surface area contributed by atoms with Crippen molar-refractivity contribution in [3.8, 4) is 0 Å². The summed E-state index contributed by atoms with van der Waals surface area (Å²) in [4.78, 5) is 39.7. The van der Waals surface area contributed by atoms with Gasteiger partial charge in [-0.05, 0) is 39.3 Å². The topological polar surface area (TPSA) is 104 Å². The largest absolute Gasteiger partial charge is 0.492 e. The van der Waals surface area contributed by atoms with Crippen LogP contribution in [0.3, 0.4) is 0 Å². The molecular weight excluding hydrogens is 350 g/mol. The Morgan fingerprint density at radius 1 is 1.19 bits per heavy atom. The van der Waals surface area contributed by atoms with Gasteiger partial charge in [-0.3, -0.25) is 14.5 Å². The molecule has 1 amide bonds. The molecule has 2 N–H and O–H groups in total. The summed E-state index contributed by atoms with van der Waals surface area (Å²) in [5.41, 5.74) is 7.63. The summed E-state index contributed by atoms with van der Waals surface area (Å²) in [6.07, 6.45) is 2.23. The van der Waals surface area contributed by atoms with Gasteiger partial charge < -0.3 is 19.8 Å². The van der Waals surface area contributed by atoms with E-state index in [0.29, 0.717) is 28.9 Å². The van der Waals surface area contributed by atoms with Gasteiger partial charge in [0.2, 0.25) is 11.6 Å². The molecule has 2 aliphatic heterocycles. The van der Waals surface area contributed by atoms with E-state index in [1.165, 1.54) is 7.11 Å². The highest BCUT2D eigenvalue weighted by Crippen LogP contribution is 2.43. The van der Waals surface area contributed by atoms with Crippen LogP contribution in [0.4, 0.5) is 4.79 Å². The van der Waals surface area contributed by atoms with Crippen molar-refractivity contribution in [1.82, 2.24) is 9.47 Å². The molecule has 1 aromatic rings. The van der Waals surface area contributed by atoms with Crippen molar-refractivity contribution in [2.45, 2.75) is 45.4 Å². The van der Waals surface area contributed by atoms with Crippen LogP contribution in [-0.2, 0) is 22.6 Å². The van der Waals surface area contributed by atoms with Gasteiger partial charge in [-0.2, -0.15) is 0 Å². The Hall–Kier alpha value is -2.61. The zero-order chi connectivity index (χ0) is 19.3. The Kier molecular flexibility index (Phi) is 4.30. The lowest BCUT2D eigenvalue weighted by molar-refractivity contribution is 0.0899. The van der Waals surface area contributed by atoms with Crippen LogP contribution in [0.5, 0.6) is 0 Å². The van der Waals surface area contributed by atoms with E-state index < -0.39 is 6.09 Å². The van der Waals surface area contributed by atoms with Gasteiger partial charge in [0.05, 0.1) is 18.7 Å². The van der Waals surface area contributed by atoms with Gasteiger partial charge in [0.15, 0.2) is 5.76 Å². The molecule has 0 radical (unpaired) electrons. The Bertz CT molecular complexity index is 876. The average molecular weight is 373 g/mol. The van der Waals surface area contributed by atoms with Crippen molar-refractivity contribution in [2.75, 3.05) is 20.2 Å². The predicted octanol–water partition coefficient (Wildman–Crippen LogP) is 1.92. The van der Waals surface area contributed by atoms with E-state index in [4.69, 9.17) is 15.2 Å². The van der Waals surface area contributed by atoms with Crippen LogP contribution in [0.2, 0.25) is 0 Å². The van der Waals surface area contributed by atoms with Crippen molar-refractivity contribution < 1.29 is 23.9 Å². The summed E-state index contributed by atoms with van der Waals surface area (Å²) in [5, 5.41) is 0. The Balaban J connectivity index is 1.88. The Morgan fingerprint density at radius 3 is 2.52 bits per heavy atom. The second-order valence-corrected chi connectivity index (χ2v) is 7.21. The van der Waals surface area contributed by atoms with Gasteiger partial charge in [0.1, 0.15) is 12.3 Å². The first kappa shape index (κ1) is 17.8. The Morgan fingerprint density at radius 2 is 1.89 bits per heavy atom. The normalized spacial score (nSPS) is 22.2. The minimum Gasteiger partial charge on any atom is -0.492 e. The second kappa shape index (κ2) is 6.53. The van der Waals surface area contributed by atoms with Crippen LogP contribution in [0.25, 0.3) is 0 Å². The molecule has 0 saturated carbocycles. The lowest BCUT2D eigenvalue weighted by Gasteiger charge is -2.24. The molecule has 1 aliphatic carbocycles. The number of carbonyl (C=O) groups excluding carboxylic acids is 3. The first-order valence-corrected chi connectivity index (χ1v) is 9.21. The molecule has 8 heteroatoms. The predicted molar refractivity (Wildman–Crippen MR) is 95.3 cm³/mol. The van der Waals surface area contributed by atoms with E-state index in [2.05, 4.69) is 4.90 Å². The third-order valence-corrected chi connectivity index (χ3v) is 5.82. The molecular formula is C19H23N3O5. The fourth-order valence-electron chi connectivity index (χ4n) is 4.68. The summed E-state index contributed by atoms with van der Waals surface area (Å²) < 4.78 is 12.2. The molecule has 0 aromatic carbocycles. The number of carbonyl (C=O) groups is 3.